The van der Waals surface area contributed by atoms with Gasteiger partial charge in [-0.2, -0.15) is 0 Å². The summed E-state index contributed by atoms with van der Waals surface area (Å²) in [6.45, 7) is 4.22. The van der Waals surface area contributed by atoms with E-state index in [9.17, 15) is 9.59 Å². The Morgan fingerprint density at radius 3 is 2.64 bits per heavy atom. The Bertz CT molecular complexity index is 595. The lowest BCUT2D eigenvalue weighted by atomic mass is 9.90. The van der Waals surface area contributed by atoms with Gasteiger partial charge in [0.1, 0.15) is 11.6 Å². The molecule has 3 heterocycles. The molecule has 120 valence electrons. The fourth-order valence-corrected chi connectivity index (χ4v) is 3.96. The predicted octanol–water partition coefficient (Wildman–Crippen LogP) is 0.328. The predicted molar refractivity (Wildman–Crippen MR) is 84.1 cm³/mol. The third kappa shape index (κ3) is 2.64. The Morgan fingerprint density at radius 1 is 1.36 bits per heavy atom. The lowest BCUT2D eigenvalue weighted by Gasteiger charge is -2.54. The van der Waals surface area contributed by atoms with E-state index in [2.05, 4.69) is 5.32 Å². The molecule has 1 N–H and O–H groups in total. The molecule has 1 aromatic rings. The zero-order chi connectivity index (χ0) is 15.9. The fraction of sp³-hybridized carbons (Fsp3) is 0.600. The van der Waals surface area contributed by atoms with Crippen LogP contribution in [0.2, 0.25) is 0 Å². The molecule has 0 radical (unpaired) electrons. The number of nitrogens with zero attached hydrogens (tertiary/aromatic N) is 2. The molecule has 0 saturated carbocycles. The maximum atomic E-state index is 12.4. The van der Waals surface area contributed by atoms with Gasteiger partial charge in [-0.1, -0.05) is 0 Å². The van der Waals surface area contributed by atoms with Crippen LogP contribution < -0.4 is 5.32 Å². The van der Waals surface area contributed by atoms with E-state index < -0.39 is 0 Å². The van der Waals surface area contributed by atoms with Crippen molar-refractivity contribution in [2.24, 2.45) is 0 Å². The van der Waals surface area contributed by atoms with Crippen LogP contribution in [-0.4, -0.2) is 73.6 Å². The zero-order valence-electron chi connectivity index (χ0n) is 13.1. The van der Waals surface area contributed by atoms with Crippen LogP contribution in [0.4, 0.5) is 0 Å². The number of hydrogen-bond acceptors (Lipinski definition) is 5. The number of hydrogen-bond donors (Lipinski definition) is 1. The molecular formula is C15H21N3O3S. The SMILES string of the molecule is CNC(=O)[C@H]1COC2(CN(C(=O)c3ccc(C)s3)C2)CN1C. The van der Waals surface area contributed by atoms with Gasteiger partial charge in [-0.05, 0) is 26.1 Å². The van der Waals surface area contributed by atoms with E-state index in [1.54, 1.807) is 7.05 Å². The molecule has 3 rings (SSSR count). The van der Waals surface area contributed by atoms with Crippen molar-refractivity contribution in [2.75, 3.05) is 40.3 Å². The first-order valence-corrected chi connectivity index (χ1v) is 8.17. The molecule has 2 fully saturated rings. The van der Waals surface area contributed by atoms with Crippen molar-refractivity contribution in [1.29, 1.82) is 0 Å². The van der Waals surface area contributed by atoms with Gasteiger partial charge in [0.2, 0.25) is 5.91 Å². The Balaban J connectivity index is 1.59. The molecule has 0 aliphatic carbocycles. The Hall–Kier alpha value is -1.44. The van der Waals surface area contributed by atoms with Crippen molar-refractivity contribution < 1.29 is 14.3 Å². The number of carbonyl (C=O) groups excluding carboxylic acids is 2. The number of aryl methyl sites for hydroxylation is 1. The summed E-state index contributed by atoms with van der Waals surface area (Å²) in [6.07, 6.45) is 0. The molecule has 0 aromatic carbocycles. The Kier molecular flexibility index (Phi) is 3.96. The topological polar surface area (TPSA) is 61.9 Å². The molecule has 0 unspecified atom stereocenters. The first-order valence-electron chi connectivity index (χ1n) is 7.36. The largest absolute Gasteiger partial charge is 0.368 e. The molecule has 6 nitrogen and oxygen atoms in total. The van der Waals surface area contributed by atoms with Gasteiger partial charge in [-0.25, -0.2) is 0 Å². The van der Waals surface area contributed by atoms with Crippen LogP contribution in [0, 0.1) is 6.92 Å². The van der Waals surface area contributed by atoms with Gasteiger partial charge in [0.05, 0.1) is 24.6 Å². The van der Waals surface area contributed by atoms with Crippen LogP contribution in [0.25, 0.3) is 0 Å². The minimum atomic E-state index is -0.318. The van der Waals surface area contributed by atoms with Gasteiger partial charge in [0.15, 0.2) is 0 Å². The normalized spacial score (nSPS) is 24.1. The molecule has 2 aliphatic rings. The van der Waals surface area contributed by atoms with E-state index in [1.165, 1.54) is 11.3 Å². The van der Waals surface area contributed by atoms with E-state index in [0.717, 1.165) is 9.75 Å². The van der Waals surface area contributed by atoms with Gasteiger partial charge >= 0.3 is 0 Å². The summed E-state index contributed by atoms with van der Waals surface area (Å²) in [7, 11) is 3.56. The molecule has 1 atom stereocenters. The van der Waals surface area contributed by atoms with Gasteiger partial charge in [-0.3, -0.25) is 14.5 Å². The monoisotopic (exact) mass is 323 g/mol. The molecule has 2 aliphatic heterocycles. The highest BCUT2D eigenvalue weighted by atomic mass is 32.1. The van der Waals surface area contributed by atoms with Crippen LogP contribution in [0.3, 0.4) is 0 Å². The third-order valence-electron chi connectivity index (χ3n) is 4.36. The first kappa shape index (κ1) is 15.5. The van der Waals surface area contributed by atoms with E-state index in [4.69, 9.17) is 4.74 Å². The minimum Gasteiger partial charge on any atom is -0.368 e. The highest BCUT2D eigenvalue weighted by Crippen LogP contribution is 2.32. The Morgan fingerprint density at radius 2 is 2.09 bits per heavy atom. The molecule has 2 saturated heterocycles. The van der Waals surface area contributed by atoms with E-state index in [-0.39, 0.29) is 23.5 Å². The smallest absolute Gasteiger partial charge is 0.264 e. The summed E-state index contributed by atoms with van der Waals surface area (Å²) in [5.74, 6) is 0.0436. The third-order valence-corrected chi connectivity index (χ3v) is 5.35. The maximum Gasteiger partial charge on any atom is 0.264 e. The second kappa shape index (κ2) is 5.64. The fourth-order valence-electron chi connectivity index (χ4n) is 3.13. The molecule has 2 amide bonds. The lowest BCUT2D eigenvalue weighted by molar-refractivity contribution is -0.187. The van der Waals surface area contributed by atoms with Gasteiger partial charge in [0, 0.05) is 18.5 Å². The first-order chi connectivity index (χ1) is 10.4. The maximum absolute atomic E-state index is 12.4. The standard InChI is InChI=1S/C15H21N3O3S/c1-10-4-5-12(22-10)14(20)18-8-15(9-18)7-17(3)11(6-21-15)13(19)16-2/h4-5,11H,6-9H2,1-3H3,(H,16,19)/t11-/m1/s1. The molecular weight excluding hydrogens is 302 g/mol. The summed E-state index contributed by atoms with van der Waals surface area (Å²) in [4.78, 5) is 29.9. The van der Waals surface area contributed by atoms with E-state index in [0.29, 0.717) is 26.2 Å². The van der Waals surface area contributed by atoms with E-state index >= 15 is 0 Å². The molecule has 0 bridgehead atoms. The number of likely N-dealkylation sites (tertiary alicyclic amines) is 1. The number of thiophene rings is 1. The zero-order valence-corrected chi connectivity index (χ0v) is 13.9. The summed E-state index contributed by atoms with van der Waals surface area (Å²) in [5, 5.41) is 2.66. The second-order valence-electron chi connectivity index (χ2n) is 6.11. The molecule has 1 spiro atoms. The van der Waals surface area contributed by atoms with Crippen molar-refractivity contribution in [3.05, 3.63) is 21.9 Å². The molecule has 1 aromatic heterocycles. The highest BCUT2D eigenvalue weighted by molar-refractivity contribution is 7.13. The number of amides is 2. The lowest BCUT2D eigenvalue weighted by Crippen LogP contribution is -2.73. The number of rotatable bonds is 2. The van der Waals surface area contributed by atoms with Gasteiger partial charge in [0.25, 0.3) is 5.91 Å². The van der Waals surface area contributed by atoms with Crippen LogP contribution in [-0.2, 0) is 9.53 Å². The number of morpholine rings is 1. The van der Waals surface area contributed by atoms with Crippen molar-refractivity contribution in [1.82, 2.24) is 15.1 Å². The van der Waals surface area contributed by atoms with Crippen molar-refractivity contribution in [2.45, 2.75) is 18.6 Å². The summed E-state index contributed by atoms with van der Waals surface area (Å²) in [5.41, 5.74) is -0.318. The number of nitrogens with one attached hydrogen (secondary N) is 1. The van der Waals surface area contributed by atoms with Crippen LogP contribution >= 0.6 is 11.3 Å². The quantitative estimate of drug-likeness (QED) is 0.852. The molecule has 22 heavy (non-hydrogen) atoms. The van der Waals surface area contributed by atoms with Crippen molar-refractivity contribution >= 4 is 23.2 Å². The van der Waals surface area contributed by atoms with Crippen LogP contribution in [0.1, 0.15) is 14.5 Å². The second-order valence-corrected chi connectivity index (χ2v) is 7.40. The highest BCUT2D eigenvalue weighted by Gasteiger charge is 2.51. The molecule has 7 heteroatoms. The Labute approximate surface area is 134 Å². The van der Waals surface area contributed by atoms with Crippen molar-refractivity contribution in [3.8, 4) is 0 Å². The minimum absolute atomic E-state index is 0.0290. The number of likely N-dealkylation sites (N-methyl/N-ethyl adjacent to an activating group) is 2. The number of ether oxygens (including phenoxy) is 1. The average Bonchev–Trinajstić information content (AvgIpc) is 2.89. The van der Waals surface area contributed by atoms with Gasteiger partial charge < -0.3 is 15.0 Å². The summed E-state index contributed by atoms with van der Waals surface area (Å²) >= 11 is 1.52. The van der Waals surface area contributed by atoms with Crippen LogP contribution in [0.5, 0.6) is 0 Å². The summed E-state index contributed by atoms with van der Waals surface area (Å²) in [6, 6.07) is 3.59. The van der Waals surface area contributed by atoms with E-state index in [1.807, 2.05) is 35.9 Å². The number of carbonyl (C=O) groups is 2. The summed E-state index contributed by atoms with van der Waals surface area (Å²) < 4.78 is 5.94. The van der Waals surface area contributed by atoms with Crippen LogP contribution in [0.15, 0.2) is 12.1 Å². The van der Waals surface area contributed by atoms with Gasteiger partial charge in [-0.15, -0.1) is 11.3 Å². The van der Waals surface area contributed by atoms with Crippen molar-refractivity contribution in [3.63, 3.8) is 0 Å². The average molecular weight is 323 g/mol.